The monoisotopic (exact) mass is 569 g/mol. The lowest BCUT2D eigenvalue weighted by atomic mass is 9.76. The van der Waals surface area contributed by atoms with Crippen LogP contribution in [0.25, 0.3) is 0 Å². The Morgan fingerprint density at radius 2 is 1.80 bits per heavy atom. The molecule has 1 aromatic heterocycles. The standard InChI is InChI=1S/C31H48FN7O2/c1-21(2)26(10-9-14-36(7)8)38-18-31(19-38)13-15-37(17-31)28-29(35-34-20-33-28)41-27-12-11-24(32)16-25(27)30(40)39(22(3)4)23(5)6/h11-12,16,20-23,26H,9-10,13-15,17-19H2,1-8H3/t26-/m0/s1. The van der Waals surface area contributed by atoms with E-state index in [0.29, 0.717) is 17.8 Å². The number of likely N-dealkylation sites (tertiary alicyclic amines) is 1. The lowest BCUT2D eigenvalue weighted by Crippen LogP contribution is -2.62. The summed E-state index contributed by atoms with van der Waals surface area (Å²) in [6, 6.07) is 4.49. The highest BCUT2D eigenvalue weighted by Gasteiger charge is 2.50. The number of anilines is 1. The molecule has 41 heavy (non-hydrogen) atoms. The first-order valence-electron chi connectivity index (χ1n) is 15.0. The minimum Gasteiger partial charge on any atom is -0.434 e. The SMILES string of the molecule is CC(C)[C@H](CCCN(C)C)N1CC2(CCN(c3ncnnc3Oc3ccc(F)cc3C(=O)N(C(C)C)C(C)C)C2)C1. The van der Waals surface area contributed by atoms with Crippen molar-refractivity contribution in [2.75, 3.05) is 51.7 Å². The van der Waals surface area contributed by atoms with Gasteiger partial charge in [0.05, 0.1) is 5.56 Å². The number of halogens is 1. The quantitative estimate of drug-likeness (QED) is 0.356. The van der Waals surface area contributed by atoms with Gasteiger partial charge < -0.3 is 19.4 Å². The van der Waals surface area contributed by atoms with E-state index in [-0.39, 0.29) is 40.6 Å². The number of nitrogens with zero attached hydrogens (tertiary/aromatic N) is 7. The van der Waals surface area contributed by atoms with E-state index in [1.165, 1.54) is 37.4 Å². The van der Waals surface area contributed by atoms with Crippen LogP contribution in [0.2, 0.25) is 0 Å². The molecule has 0 saturated carbocycles. The Bertz CT molecular complexity index is 1170. The summed E-state index contributed by atoms with van der Waals surface area (Å²) in [5.74, 6) is 0.909. The molecular weight excluding hydrogens is 521 g/mol. The van der Waals surface area contributed by atoms with Gasteiger partial charge >= 0.3 is 0 Å². The zero-order valence-corrected chi connectivity index (χ0v) is 26.1. The van der Waals surface area contributed by atoms with E-state index in [1.54, 1.807) is 4.90 Å². The van der Waals surface area contributed by atoms with Crippen LogP contribution in [0.15, 0.2) is 24.5 Å². The van der Waals surface area contributed by atoms with Crippen LogP contribution < -0.4 is 9.64 Å². The van der Waals surface area contributed by atoms with Crippen molar-refractivity contribution in [2.24, 2.45) is 11.3 Å². The summed E-state index contributed by atoms with van der Waals surface area (Å²) in [4.78, 5) is 26.9. The van der Waals surface area contributed by atoms with Crippen LogP contribution in [0.4, 0.5) is 10.2 Å². The molecular formula is C31H48FN7O2. The Morgan fingerprint density at radius 1 is 1.10 bits per heavy atom. The van der Waals surface area contributed by atoms with Crippen LogP contribution in [0, 0.1) is 17.2 Å². The zero-order valence-electron chi connectivity index (χ0n) is 26.1. The van der Waals surface area contributed by atoms with Crippen molar-refractivity contribution in [3.63, 3.8) is 0 Å². The molecule has 2 aliphatic heterocycles. The van der Waals surface area contributed by atoms with E-state index in [2.05, 4.69) is 57.8 Å². The maximum atomic E-state index is 14.3. The van der Waals surface area contributed by atoms with Crippen molar-refractivity contribution >= 4 is 11.7 Å². The number of amides is 1. The molecule has 0 bridgehead atoms. The number of aromatic nitrogens is 3. The number of carbonyl (C=O) groups is 1. The van der Waals surface area contributed by atoms with Crippen molar-refractivity contribution in [3.05, 3.63) is 35.9 Å². The first-order valence-corrected chi connectivity index (χ1v) is 15.0. The predicted molar refractivity (Wildman–Crippen MR) is 160 cm³/mol. The molecule has 2 saturated heterocycles. The third-order valence-corrected chi connectivity index (χ3v) is 8.46. The molecule has 226 valence electrons. The second-order valence-electron chi connectivity index (χ2n) is 13.1. The molecule has 2 aromatic rings. The third kappa shape index (κ3) is 7.15. The van der Waals surface area contributed by atoms with Crippen molar-refractivity contribution in [1.82, 2.24) is 29.9 Å². The summed E-state index contributed by atoms with van der Waals surface area (Å²) < 4.78 is 20.5. The van der Waals surface area contributed by atoms with E-state index in [9.17, 15) is 9.18 Å². The third-order valence-electron chi connectivity index (χ3n) is 8.46. The first-order chi connectivity index (χ1) is 19.4. The minimum atomic E-state index is -0.497. The number of rotatable bonds is 12. The topological polar surface area (TPSA) is 77.9 Å². The molecule has 0 unspecified atom stereocenters. The largest absolute Gasteiger partial charge is 0.434 e. The fourth-order valence-electron chi connectivity index (χ4n) is 6.59. The number of hydrogen-bond acceptors (Lipinski definition) is 8. The summed E-state index contributed by atoms with van der Waals surface area (Å²) >= 11 is 0. The Balaban J connectivity index is 1.48. The molecule has 1 spiro atoms. The van der Waals surface area contributed by atoms with Crippen LogP contribution >= 0.6 is 0 Å². The van der Waals surface area contributed by atoms with Gasteiger partial charge in [0.1, 0.15) is 17.9 Å². The van der Waals surface area contributed by atoms with Gasteiger partial charge in [-0.3, -0.25) is 9.69 Å². The van der Waals surface area contributed by atoms with Crippen LogP contribution in [-0.4, -0.2) is 101 Å². The second kappa shape index (κ2) is 13.0. The normalized spacial score (nSPS) is 17.6. The molecule has 3 heterocycles. The van der Waals surface area contributed by atoms with Gasteiger partial charge in [-0.2, -0.15) is 0 Å². The van der Waals surface area contributed by atoms with Crippen molar-refractivity contribution < 1.29 is 13.9 Å². The zero-order chi connectivity index (χ0) is 29.9. The van der Waals surface area contributed by atoms with Gasteiger partial charge in [-0.15, -0.1) is 10.2 Å². The van der Waals surface area contributed by atoms with E-state index < -0.39 is 5.82 Å². The van der Waals surface area contributed by atoms with E-state index in [0.717, 1.165) is 39.1 Å². The van der Waals surface area contributed by atoms with Gasteiger partial charge in [0.2, 0.25) is 0 Å². The Kier molecular flexibility index (Phi) is 9.85. The molecule has 1 atom stereocenters. The molecule has 4 rings (SSSR count). The fraction of sp³-hybridized carbons (Fsp3) is 0.677. The van der Waals surface area contributed by atoms with E-state index in [1.807, 2.05) is 27.7 Å². The van der Waals surface area contributed by atoms with Gasteiger partial charge in [-0.05, 0) is 91.7 Å². The minimum absolute atomic E-state index is 0.0570. The highest BCUT2D eigenvalue weighted by molar-refractivity contribution is 5.97. The van der Waals surface area contributed by atoms with Crippen LogP contribution in [-0.2, 0) is 0 Å². The molecule has 2 aliphatic rings. The lowest BCUT2D eigenvalue weighted by molar-refractivity contribution is -0.0343. The van der Waals surface area contributed by atoms with Gasteiger partial charge in [0.25, 0.3) is 11.8 Å². The van der Waals surface area contributed by atoms with Crippen molar-refractivity contribution in [3.8, 4) is 11.6 Å². The molecule has 0 N–H and O–H groups in total. The highest BCUT2D eigenvalue weighted by atomic mass is 19.1. The highest BCUT2D eigenvalue weighted by Crippen LogP contribution is 2.44. The van der Waals surface area contributed by atoms with Crippen molar-refractivity contribution in [2.45, 2.75) is 78.9 Å². The van der Waals surface area contributed by atoms with Crippen LogP contribution in [0.1, 0.15) is 71.2 Å². The second-order valence-corrected chi connectivity index (χ2v) is 13.1. The van der Waals surface area contributed by atoms with E-state index in [4.69, 9.17) is 4.74 Å². The maximum absolute atomic E-state index is 14.3. The summed E-state index contributed by atoms with van der Waals surface area (Å²) in [6.07, 6.45) is 4.93. The number of hydrogen-bond donors (Lipinski definition) is 0. The molecule has 9 nitrogen and oxygen atoms in total. The van der Waals surface area contributed by atoms with Gasteiger partial charge in [0, 0.05) is 49.7 Å². The molecule has 0 radical (unpaired) electrons. The molecule has 2 fully saturated rings. The molecule has 0 aliphatic carbocycles. The van der Waals surface area contributed by atoms with Gasteiger partial charge in [-0.1, -0.05) is 13.8 Å². The van der Waals surface area contributed by atoms with Crippen LogP contribution in [0.3, 0.4) is 0 Å². The summed E-state index contributed by atoms with van der Waals surface area (Å²) in [5, 5.41) is 8.22. The average molecular weight is 570 g/mol. The van der Waals surface area contributed by atoms with Gasteiger partial charge in [0.15, 0.2) is 5.82 Å². The summed E-state index contributed by atoms with van der Waals surface area (Å²) in [6.45, 7) is 17.4. The predicted octanol–water partition coefficient (Wildman–Crippen LogP) is 4.94. The molecule has 10 heteroatoms. The summed E-state index contributed by atoms with van der Waals surface area (Å²) in [7, 11) is 4.27. The first kappa shape index (κ1) is 31.1. The summed E-state index contributed by atoms with van der Waals surface area (Å²) in [5.41, 5.74) is 0.383. The Labute approximate surface area is 245 Å². The molecule has 1 aromatic carbocycles. The van der Waals surface area contributed by atoms with Gasteiger partial charge in [-0.25, -0.2) is 9.37 Å². The smallest absolute Gasteiger partial charge is 0.282 e. The number of ether oxygens (including phenoxy) is 1. The fourth-order valence-corrected chi connectivity index (χ4v) is 6.59. The number of carbonyl (C=O) groups excluding carboxylic acids is 1. The molecule has 1 amide bonds. The Hall–Kier alpha value is -2.85. The maximum Gasteiger partial charge on any atom is 0.282 e. The van der Waals surface area contributed by atoms with E-state index >= 15 is 0 Å². The van der Waals surface area contributed by atoms with Crippen LogP contribution in [0.5, 0.6) is 11.6 Å². The Morgan fingerprint density at radius 3 is 2.44 bits per heavy atom. The lowest BCUT2D eigenvalue weighted by Gasteiger charge is -2.53. The van der Waals surface area contributed by atoms with Crippen molar-refractivity contribution in [1.29, 1.82) is 0 Å². The number of benzene rings is 1. The average Bonchev–Trinajstić information content (AvgIpc) is 3.32.